The van der Waals surface area contributed by atoms with Crippen LogP contribution in [0.25, 0.3) is 0 Å². The summed E-state index contributed by atoms with van der Waals surface area (Å²) in [6.07, 6.45) is 0.553. The first-order valence-electron chi connectivity index (χ1n) is 8.49. The fourth-order valence-electron chi connectivity index (χ4n) is 2.61. The summed E-state index contributed by atoms with van der Waals surface area (Å²) in [6, 6.07) is 10.4. The van der Waals surface area contributed by atoms with Crippen molar-refractivity contribution in [3.05, 3.63) is 35.9 Å². The van der Waals surface area contributed by atoms with E-state index in [1.807, 2.05) is 34.9 Å². The van der Waals surface area contributed by atoms with Gasteiger partial charge in [0.05, 0.1) is 19.8 Å². The van der Waals surface area contributed by atoms with E-state index in [0.717, 1.165) is 23.6 Å². The maximum atomic E-state index is 12.7. The minimum absolute atomic E-state index is 0. The van der Waals surface area contributed by atoms with Crippen LogP contribution in [0.15, 0.2) is 30.3 Å². The van der Waals surface area contributed by atoms with Crippen LogP contribution in [-0.4, -0.2) is 68.4 Å². The van der Waals surface area contributed by atoms with Crippen molar-refractivity contribution >= 4 is 30.1 Å². The molecular weight excluding hydrogens is 360 g/mol. The Bertz CT molecular complexity index is 473. The number of hydrogen-bond acceptors (Lipinski definition) is 5. The highest BCUT2D eigenvalue weighted by atomic mass is 35.5. The van der Waals surface area contributed by atoms with Gasteiger partial charge in [-0.25, -0.2) is 0 Å². The maximum Gasteiger partial charge on any atom is 0.224 e. The zero-order chi connectivity index (χ0) is 17.0. The van der Waals surface area contributed by atoms with Crippen molar-refractivity contribution < 1.29 is 14.3 Å². The Hall–Kier alpha value is -0.790. The average molecular weight is 389 g/mol. The third-order valence-electron chi connectivity index (χ3n) is 3.93. The molecule has 1 heterocycles. The van der Waals surface area contributed by atoms with Crippen molar-refractivity contribution in [2.24, 2.45) is 0 Å². The predicted octanol–water partition coefficient (Wildman–Crippen LogP) is 2.20. The van der Waals surface area contributed by atoms with E-state index in [1.165, 1.54) is 0 Å². The number of methoxy groups -OCH3 is 1. The van der Waals surface area contributed by atoms with Gasteiger partial charge in [0, 0.05) is 50.7 Å². The van der Waals surface area contributed by atoms with Crippen LogP contribution in [0.3, 0.4) is 0 Å². The number of halogens is 1. The number of nitrogens with zero attached hydrogens (tertiary/aromatic N) is 1. The number of carbonyl (C=O) groups excluding carboxylic acids is 1. The molecule has 1 N–H and O–H groups in total. The quantitative estimate of drug-likeness (QED) is 0.623. The summed E-state index contributed by atoms with van der Waals surface area (Å²) in [5.74, 6) is 2.33. The lowest BCUT2D eigenvalue weighted by atomic mass is 10.1. The summed E-state index contributed by atoms with van der Waals surface area (Å²) < 4.78 is 10.5. The number of nitrogens with one attached hydrogen (secondary N) is 1. The Balaban J connectivity index is 0.00000312. The minimum atomic E-state index is 0. The van der Waals surface area contributed by atoms with Gasteiger partial charge in [-0.3, -0.25) is 4.79 Å². The van der Waals surface area contributed by atoms with Gasteiger partial charge in [0.25, 0.3) is 0 Å². The molecule has 1 aromatic rings. The van der Waals surface area contributed by atoms with Gasteiger partial charge in [-0.1, -0.05) is 30.3 Å². The maximum absolute atomic E-state index is 12.7. The van der Waals surface area contributed by atoms with Gasteiger partial charge in [0.15, 0.2) is 0 Å². The van der Waals surface area contributed by atoms with Gasteiger partial charge < -0.3 is 19.7 Å². The van der Waals surface area contributed by atoms with Gasteiger partial charge in [0.2, 0.25) is 5.91 Å². The average Bonchev–Trinajstić information content (AvgIpc) is 2.62. The second-order valence-electron chi connectivity index (χ2n) is 5.84. The van der Waals surface area contributed by atoms with Crippen LogP contribution in [0.4, 0.5) is 0 Å². The number of hydrogen-bond donors (Lipinski definition) is 1. The fourth-order valence-corrected chi connectivity index (χ4v) is 3.55. The Kier molecular flexibility index (Phi) is 11.9. The molecule has 0 spiro atoms. The first-order chi connectivity index (χ1) is 11.8. The van der Waals surface area contributed by atoms with Crippen LogP contribution >= 0.6 is 24.2 Å². The number of ether oxygens (including phenoxy) is 2. The monoisotopic (exact) mass is 388 g/mol. The van der Waals surface area contributed by atoms with Crippen LogP contribution in [-0.2, 0) is 20.8 Å². The molecule has 0 bridgehead atoms. The van der Waals surface area contributed by atoms with Crippen molar-refractivity contribution in [3.63, 3.8) is 0 Å². The number of rotatable bonds is 10. The van der Waals surface area contributed by atoms with E-state index >= 15 is 0 Å². The van der Waals surface area contributed by atoms with Gasteiger partial charge in [-0.2, -0.15) is 11.8 Å². The molecule has 5 nitrogen and oxygen atoms in total. The number of carbonyl (C=O) groups is 1. The lowest BCUT2D eigenvalue weighted by Crippen LogP contribution is -2.43. The Morgan fingerprint density at radius 3 is 2.76 bits per heavy atom. The molecule has 1 unspecified atom stereocenters. The fraction of sp³-hybridized carbons (Fsp3) is 0.611. The van der Waals surface area contributed by atoms with E-state index in [0.29, 0.717) is 39.3 Å². The van der Waals surface area contributed by atoms with Crippen LogP contribution in [0.1, 0.15) is 12.0 Å². The molecule has 0 aromatic heterocycles. The first kappa shape index (κ1) is 22.3. The molecule has 2 rings (SSSR count). The summed E-state index contributed by atoms with van der Waals surface area (Å²) in [7, 11) is 1.66. The molecule has 1 fully saturated rings. The predicted molar refractivity (Wildman–Crippen MR) is 106 cm³/mol. The molecule has 1 amide bonds. The summed E-state index contributed by atoms with van der Waals surface area (Å²) in [5.41, 5.74) is 1.15. The van der Waals surface area contributed by atoms with Gasteiger partial charge >= 0.3 is 0 Å². The zero-order valence-electron chi connectivity index (χ0n) is 14.8. The zero-order valence-corrected chi connectivity index (χ0v) is 16.4. The standard InChI is InChI=1S/C18H28N2O3S.ClH/c1-22-10-11-23-9-8-20(14-16-5-3-2-4-6-16)18(21)13-17-15-24-12-7-19-17;/h2-6,17,19H,7-15H2,1H3;1H. The molecule has 1 aliphatic heterocycles. The molecule has 1 saturated heterocycles. The lowest BCUT2D eigenvalue weighted by Gasteiger charge is -2.27. The first-order valence-corrected chi connectivity index (χ1v) is 9.64. The van der Waals surface area contributed by atoms with E-state index in [2.05, 4.69) is 17.4 Å². The van der Waals surface area contributed by atoms with Crippen molar-refractivity contribution in [2.45, 2.75) is 19.0 Å². The Morgan fingerprint density at radius 1 is 1.28 bits per heavy atom. The molecule has 7 heteroatoms. The molecule has 0 radical (unpaired) electrons. The summed E-state index contributed by atoms with van der Waals surface area (Å²) in [5, 5.41) is 3.44. The third-order valence-corrected chi connectivity index (χ3v) is 5.06. The molecule has 1 aliphatic rings. The van der Waals surface area contributed by atoms with Gasteiger partial charge in [-0.15, -0.1) is 12.4 Å². The number of thioether (sulfide) groups is 1. The summed E-state index contributed by atoms with van der Waals surface area (Å²) in [4.78, 5) is 14.6. The van der Waals surface area contributed by atoms with Crippen molar-refractivity contribution in [1.29, 1.82) is 0 Å². The topological polar surface area (TPSA) is 50.8 Å². The largest absolute Gasteiger partial charge is 0.382 e. The molecule has 1 aromatic carbocycles. The van der Waals surface area contributed by atoms with Crippen LogP contribution in [0.5, 0.6) is 0 Å². The Labute approximate surface area is 161 Å². The normalized spacial score (nSPS) is 16.9. The summed E-state index contributed by atoms with van der Waals surface area (Å²) >= 11 is 1.92. The third kappa shape index (κ3) is 8.92. The van der Waals surface area contributed by atoms with Crippen molar-refractivity contribution in [1.82, 2.24) is 10.2 Å². The second kappa shape index (κ2) is 13.4. The second-order valence-corrected chi connectivity index (χ2v) is 6.99. The van der Waals surface area contributed by atoms with Gasteiger partial charge in [0.1, 0.15) is 0 Å². The van der Waals surface area contributed by atoms with Crippen molar-refractivity contribution in [2.75, 3.05) is 51.5 Å². The van der Waals surface area contributed by atoms with Crippen LogP contribution in [0, 0.1) is 0 Å². The van der Waals surface area contributed by atoms with Crippen LogP contribution in [0.2, 0.25) is 0 Å². The van der Waals surface area contributed by atoms with E-state index in [9.17, 15) is 4.79 Å². The molecule has 0 saturated carbocycles. The molecule has 25 heavy (non-hydrogen) atoms. The number of amides is 1. The molecule has 1 atom stereocenters. The lowest BCUT2D eigenvalue weighted by molar-refractivity contribution is -0.133. The van der Waals surface area contributed by atoms with E-state index in [4.69, 9.17) is 9.47 Å². The highest BCUT2D eigenvalue weighted by Crippen LogP contribution is 2.13. The Morgan fingerprint density at radius 2 is 2.08 bits per heavy atom. The van der Waals surface area contributed by atoms with Crippen molar-refractivity contribution in [3.8, 4) is 0 Å². The highest BCUT2D eigenvalue weighted by molar-refractivity contribution is 7.99. The van der Waals surface area contributed by atoms with E-state index in [1.54, 1.807) is 7.11 Å². The molecular formula is C18H29ClN2O3S. The molecule has 0 aliphatic carbocycles. The smallest absolute Gasteiger partial charge is 0.224 e. The van der Waals surface area contributed by atoms with Gasteiger partial charge in [-0.05, 0) is 5.56 Å². The van der Waals surface area contributed by atoms with E-state index in [-0.39, 0.29) is 24.4 Å². The van der Waals surface area contributed by atoms with E-state index < -0.39 is 0 Å². The highest BCUT2D eigenvalue weighted by Gasteiger charge is 2.21. The number of benzene rings is 1. The van der Waals surface area contributed by atoms with Crippen LogP contribution < -0.4 is 5.32 Å². The SMILES string of the molecule is COCCOCCN(Cc1ccccc1)C(=O)CC1CSCCN1.Cl. The molecule has 142 valence electrons. The summed E-state index contributed by atoms with van der Waals surface area (Å²) in [6.45, 7) is 3.90. The minimum Gasteiger partial charge on any atom is -0.382 e.